The number of esters is 3. The first-order valence-corrected chi connectivity index (χ1v) is 36.1. The average molecular weight is 1160 g/mol. The number of hydrogen-bond acceptors (Lipinski definition) is 6. The lowest BCUT2D eigenvalue weighted by Gasteiger charge is -2.18. The van der Waals surface area contributed by atoms with Gasteiger partial charge in [0.15, 0.2) is 6.10 Å². The van der Waals surface area contributed by atoms with Crippen molar-refractivity contribution in [1.82, 2.24) is 0 Å². The van der Waals surface area contributed by atoms with Crippen molar-refractivity contribution in [2.45, 2.75) is 374 Å². The summed E-state index contributed by atoms with van der Waals surface area (Å²) in [7, 11) is 0. The van der Waals surface area contributed by atoms with Gasteiger partial charge in [-0.1, -0.05) is 337 Å². The molecule has 0 aromatic heterocycles. The monoisotopic (exact) mass is 1160 g/mol. The smallest absolute Gasteiger partial charge is 0.306 e. The third-order valence-electron chi connectivity index (χ3n) is 15.9. The molecule has 0 saturated carbocycles. The standard InChI is InChI=1S/C77H136O6/c1-4-7-10-13-16-19-22-25-28-30-32-33-34-35-36-37-38-39-40-41-42-43-44-45-46-48-49-52-55-58-61-64-67-70-76(79)82-73-74(72-81-75(78)69-66-63-60-57-54-51-27-24-21-18-15-12-9-6-3)83-77(80)71-68-65-62-59-56-53-50-47-31-29-26-23-20-17-14-11-8-5-2/h7,10,16,19-20,23,25,28-29,31-33,35-36,74H,4-6,8-9,11-15,17-18,21-22,24,26-27,30,34,37-73H2,1-3H3/b10-7-,19-16-,23-20-,28-25-,31-29-,33-32-,36-35-. The van der Waals surface area contributed by atoms with Crippen LogP contribution in [-0.4, -0.2) is 37.2 Å². The van der Waals surface area contributed by atoms with Crippen molar-refractivity contribution in [1.29, 1.82) is 0 Å². The second-order valence-corrected chi connectivity index (χ2v) is 24.1. The Hall–Kier alpha value is -3.41. The lowest BCUT2D eigenvalue weighted by atomic mass is 10.0. The highest BCUT2D eigenvalue weighted by Gasteiger charge is 2.19. The summed E-state index contributed by atoms with van der Waals surface area (Å²) in [4.78, 5) is 38.4. The number of hydrogen-bond donors (Lipinski definition) is 0. The Kier molecular flexibility index (Phi) is 68.2. The Morgan fingerprint density at radius 1 is 0.253 bits per heavy atom. The van der Waals surface area contributed by atoms with E-state index in [1.807, 2.05) is 0 Å². The lowest BCUT2D eigenvalue weighted by molar-refractivity contribution is -0.167. The number of allylic oxidation sites excluding steroid dienone is 14. The van der Waals surface area contributed by atoms with Crippen molar-refractivity contribution in [2.75, 3.05) is 13.2 Å². The number of carbonyl (C=O) groups excluding carboxylic acids is 3. The summed E-state index contributed by atoms with van der Waals surface area (Å²) in [5.41, 5.74) is 0. The van der Waals surface area contributed by atoms with E-state index in [0.29, 0.717) is 19.3 Å². The summed E-state index contributed by atoms with van der Waals surface area (Å²) >= 11 is 0. The summed E-state index contributed by atoms with van der Waals surface area (Å²) < 4.78 is 17.0. The highest BCUT2D eigenvalue weighted by atomic mass is 16.6. The van der Waals surface area contributed by atoms with Crippen molar-refractivity contribution in [3.8, 4) is 0 Å². The number of ether oxygens (including phenoxy) is 3. The average Bonchev–Trinajstić information content (AvgIpc) is 3.49. The van der Waals surface area contributed by atoms with Gasteiger partial charge in [-0.25, -0.2) is 0 Å². The minimum atomic E-state index is -0.778. The maximum Gasteiger partial charge on any atom is 0.306 e. The van der Waals surface area contributed by atoms with E-state index in [0.717, 1.165) is 103 Å². The molecule has 0 heterocycles. The Bertz CT molecular complexity index is 1570. The highest BCUT2D eigenvalue weighted by molar-refractivity contribution is 5.71. The minimum Gasteiger partial charge on any atom is -0.462 e. The van der Waals surface area contributed by atoms with Crippen molar-refractivity contribution >= 4 is 17.9 Å². The van der Waals surface area contributed by atoms with Gasteiger partial charge < -0.3 is 14.2 Å². The molecule has 0 aromatic carbocycles. The van der Waals surface area contributed by atoms with Crippen LogP contribution in [0.2, 0.25) is 0 Å². The van der Waals surface area contributed by atoms with Crippen LogP contribution in [0.25, 0.3) is 0 Å². The molecule has 0 N–H and O–H groups in total. The largest absolute Gasteiger partial charge is 0.462 e. The molecule has 0 aliphatic carbocycles. The SMILES string of the molecule is CC/C=C\C/C=C\C/C=C\C/C=C\C/C=C\CCCCCCCCCCCCCCCCCCCC(=O)OCC(COC(=O)CCCCCCCCCCCCCCCC)OC(=O)CCCCCCCCC/C=C\C/C=C\CCCCCC. The van der Waals surface area contributed by atoms with Crippen molar-refractivity contribution in [3.05, 3.63) is 85.1 Å². The van der Waals surface area contributed by atoms with E-state index in [-0.39, 0.29) is 31.1 Å². The molecule has 480 valence electrons. The van der Waals surface area contributed by atoms with Crippen molar-refractivity contribution < 1.29 is 28.6 Å². The molecule has 1 unspecified atom stereocenters. The molecule has 0 aromatic rings. The normalized spacial score (nSPS) is 12.6. The van der Waals surface area contributed by atoms with Gasteiger partial charge in [-0.3, -0.25) is 14.4 Å². The Labute approximate surface area is 515 Å². The molecule has 6 nitrogen and oxygen atoms in total. The summed E-state index contributed by atoms with van der Waals surface area (Å²) in [6.45, 7) is 6.56. The van der Waals surface area contributed by atoms with Crippen molar-refractivity contribution in [2.24, 2.45) is 0 Å². The topological polar surface area (TPSA) is 78.9 Å². The fourth-order valence-electron chi connectivity index (χ4n) is 10.5. The van der Waals surface area contributed by atoms with Crippen LogP contribution in [-0.2, 0) is 28.6 Å². The highest BCUT2D eigenvalue weighted by Crippen LogP contribution is 2.18. The van der Waals surface area contributed by atoms with Gasteiger partial charge >= 0.3 is 17.9 Å². The summed E-state index contributed by atoms with van der Waals surface area (Å²) in [6.07, 6.45) is 94.7. The zero-order valence-corrected chi connectivity index (χ0v) is 55.2. The Morgan fingerprint density at radius 3 is 0.747 bits per heavy atom. The van der Waals surface area contributed by atoms with Crippen LogP contribution in [0.4, 0.5) is 0 Å². The predicted molar refractivity (Wildman–Crippen MR) is 362 cm³/mol. The molecular formula is C77H136O6. The van der Waals surface area contributed by atoms with Gasteiger partial charge in [-0.15, -0.1) is 0 Å². The molecule has 83 heavy (non-hydrogen) atoms. The molecule has 0 aliphatic rings. The molecule has 0 aliphatic heterocycles. The van der Waals surface area contributed by atoms with E-state index in [2.05, 4.69) is 106 Å². The minimum absolute atomic E-state index is 0.0736. The van der Waals surface area contributed by atoms with Crippen LogP contribution in [0.15, 0.2) is 85.1 Å². The summed E-state index contributed by atoms with van der Waals surface area (Å²) in [5.74, 6) is -0.859. The number of unbranched alkanes of at least 4 members (excludes halogenated alkanes) is 41. The van der Waals surface area contributed by atoms with Gasteiger partial charge in [0.1, 0.15) is 13.2 Å². The molecule has 1 atom stereocenters. The number of rotatable bonds is 66. The van der Waals surface area contributed by atoms with Crippen LogP contribution < -0.4 is 0 Å². The fraction of sp³-hybridized carbons (Fsp3) is 0.779. The molecule has 0 amide bonds. The molecular weight excluding hydrogens is 1020 g/mol. The van der Waals surface area contributed by atoms with Crippen molar-refractivity contribution in [3.63, 3.8) is 0 Å². The van der Waals surface area contributed by atoms with Gasteiger partial charge in [0, 0.05) is 19.3 Å². The van der Waals surface area contributed by atoms with Crippen LogP contribution in [0.3, 0.4) is 0 Å². The Morgan fingerprint density at radius 2 is 0.470 bits per heavy atom. The maximum atomic E-state index is 12.9. The first kappa shape index (κ1) is 79.6. The summed E-state index contributed by atoms with van der Waals surface area (Å²) in [5, 5.41) is 0. The maximum absolute atomic E-state index is 12.9. The molecule has 0 rings (SSSR count). The zero-order chi connectivity index (χ0) is 59.9. The van der Waals surface area contributed by atoms with Crippen LogP contribution in [0.1, 0.15) is 367 Å². The van der Waals surface area contributed by atoms with Gasteiger partial charge in [0.2, 0.25) is 0 Å². The summed E-state index contributed by atoms with van der Waals surface area (Å²) in [6, 6.07) is 0. The van der Waals surface area contributed by atoms with E-state index >= 15 is 0 Å². The van der Waals surface area contributed by atoms with Crippen LogP contribution >= 0.6 is 0 Å². The van der Waals surface area contributed by atoms with E-state index in [1.165, 1.54) is 225 Å². The third kappa shape index (κ3) is 69.3. The van der Waals surface area contributed by atoms with Gasteiger partial charge in [-0.05, 0) is 96.3 Å². The predicted octanol–water partition coefficient (Wildman–Crippen LogP) is 25.0. The molecule has 0 saturated heterocycles. The van der Waals surface area contributed by atoms with Crippen LogP contribution in [0.5, 0.6) is 0 Å². The first-order chi connectivity index (χ1) is 41.0. The Balaban J connectivity index is 4.19. The molecule has 0 spiro atoms. The van der Waals surface area contributed by atoms with E-state index in [9.17, 15) is 14.4 Å². The van der Waals surface area contributed by atoms with Gasteiger partial charge in [0.05, 0.1) is 0 Å². The molecule has 0 fully saturated rings. The second kappa shape index (κ2) is 71.1. The molecule has 0 radical (unpaired) electrons. The fourth-order valence-corrected chi connectivity index (χ4v) is 10.5. The van der Waals surface area contributed by atoms with Gasteiger partial charge in [0.25, 0.3) is 0 Å². The first-order valence-electron chi connectivity index (χ1n) is 36.1. The van der Waals surface area contributed by atoms with E-state index in [4.69, 9.17) is 14.2 Å². The third-order valence-corrected chi connectivity index (χ3v) is 15.9. The van der Waals surface area contributed by atoms with E-state index in [1.54, 1.807) is 0 Å². The van der Waals surface area contributed by atoms with E-state index < -0.39 is 6.10 Å². The van der Waals surface area contributed by atoms with Crippen LogP contribution in [0, 0.1) is 0 Å². The second-order valence-electron chi connectivity index (χ2n) is 24.1. The quantitative estimate of drug-likeness (QED) is 0.0261. The number of carbonyl (C=O) groups is 3. The lowest BCUT2D eigenvalue weighted by Crippen LogP contribution is -2.30. The van der Waals surface area contributed by atoms with Gasteiger partial charge in [-0.2, -0.15) is 0 Å². The molecule has 6 heteroatoms. The molecule has 0 bridgehead atoms. The zero-order valence-electron chi connectivity index (χ0n) is 55.2.